The van der Waals surface area contributed by atoms with E-state index in [4.69, 9.17) is 16.3 Å². The SMILES string of the molecule is Cc1cc(CN(CC2CCC(C(=O)O)CC2)[C@@H](C)c2ccc(Cl)cc2)ccc1OCCN1C(=O)CCN(C)C1=O. The first-order valence-corrected chi connectivity index (χ1v) is 14.5. The monoisotopic (exact) mass is 569 g/mol. The second-order valence-corrected chi connectivity index (χ2v) is 11.6. The van der Waals surface area contributed by atoms with Crippen molar-refractivity contribution in [3.8, 4) is 5.75 Å². The second kappa shape index (κ2) is 13.5. The number of ether oxygens (including phenoxy) is 1. The number of halogens is 1. The van der Waals surface area contributed by atoms with Gasteiger partial charge in [-0.1, -0.05) is 35.9 Å². The molecule has 8 nitrogen and oxygen atoms in total. The first-order chi connectivity index (χ1) is 19.1. The average Bonchev–Trinajstić information content (AvgIpc) is 2.93. The van der Waals surface area contributed by atoms with E-state index in [1.54, 1.807) is 11.9 Å². The first-order valence-electron chi connectivity index (χ1n) is 14.1. The van der Waals surface area contributed by atoms with Crippen molar-refractivity contribution >= 4 is 29.5 Å². The Kier molecular flexibility index (Phi) is 10.1. The quantitative estimate of drug-likeness (QED) is 0.370. The van der Waals surface area contributed by atoms with Gasteiger partial charge >= 0.3 is 12.0 Å². The van der Waals surface area contributed by atoms with E-state index in [1.165, 1.54) is 10.5 Å². The van der Waals surface area contributed by atoms with E-state index in [1.807, 2.05) is 25.1 Å². The fourth-order valence-electron chi connectivity index (χ4n) is 5.72. The van der Waals surface area contributed by atoms with Gasteiger partial charge in [0.25, 0.3) is 0 Å². The maximum atomic E-state index is 12.3. The van der Waals surface area contributed by atoms with Crippen molar-refractivity contribution < 1.29 is 24.2 Å². The van der Waals surface area contributed by atoms with E-state index in [9.17, 15) is 19.5 Å². The van der Waals surface area contributed by atoms with Crippen molar-refractivity contribution in [1.29, 1.82) is 0 Å². The number of carbonyl (C=O) groups excluding carboxylic acids is 2. The zero-order valence-electron chi connectivity index (χ0n) is 23.6. The van der Waals surface area contributed by atoms with Crippen LogP contribution in [0.2, 0.25) is 5.02 Å². The van der Waals surface area contributed by atoms with Crippen molar-refractivity contribution in [3.63, 3.8) is 0 Å². The number of carbonyl (C=O) groups is 3. The van der Waals surface area contributed by atoms with Crippen LogP contribution in [0, 0.1) is 18.8 Å². The maximum absolute atomic E-state index is 12.3. The second-order valence-electron chi connectivity index (χ2n) is 11.2. The number of benzene rings is 2. The Bertz CT molecular complexity index is 1200. The molecule has 1 N–H and O–H groups in total. The Morgan fingerprint density at radius 1 is 1.12 bits per heavy atom. The van der Waals surface area contributed by atoms with Crippen LogP contribution in [-0.2, 0) is 16.1 Å². The summed E-state index contributed by atoms with van der Waals surface area (Å²) >= 11 is 6.14. The van der Waals surface area contributed by atoms with Crippen LogP contribution in [0.1, 0.15) is 61.8 Å². The van der Waals surface area contributed by atoms with Crippen LogP contribution in [0.15, 0.2) is 42.5 Å². The molecule has 40 heavy (non-hydrogen) atoms. The number of aryl methyl sites for hydroxylation is 1. The molecule has 0 unspecified atom stereocenters. The highest BCUT2D eigenvalue weighted by Gasteiger charge is 2.30. The van der Waals surface area contributed by atoms with E-state index in [2.05, 4.69) is 36.1 Å². The van der Waals surface area contributed by atoms with Crippen molar-refractivity contribution in [2.24, 2.45) is 11.8 Å². The minimum Gasteiger partial charge on any atom is -0.491 e. The van der Waals surface area contributed by atoms with Gasteiger partial charge in [-0.05, 0) is 80.3 Å². The van der Waals surface area contributed by atoms with Gasteiger partial charge in [-0.15, -0.1) is 0 Å². The number of urea groups is 1. The summed E-state index contributed by atoms with van der Waals surface area (Å²) < 4.78 is 5.97. The highest BCUT2D eigenvalue weighted by Crippen LogP contribution is 2.33. The Hall–Kier alpha value is -3.10. The van der Waals surface area contributed by atoms with Crippen molar-refractivity contribution in [3.05, 3.63) is 64.2 Å². The highest BCUT2D eigenvalue weighted by molar-refractivity contribution is 6.30. The third-order valence-corrected chi connectivity index (χ3v) is 8.56. The van der Waals surface area contributed by atoms with Gasteiger partial charge in [0.1, 0.15) is 12.4 Å². The van der Waals surface area contributed by atoms with Gasteiger partial charge < -0.3 is 14.7 Å². The number of aliphatic carboxylic acids is 1. The number of carboxylic acid groups (broad SMARTS) is 1. The number of amides is 3. The lowest BCUT2D eigenvalue weighted by atomic mass is 9.81. The van der Waals surface area contributed by atoms with E-state index in [0.717, 1.165) is 55.6 Å². The molecule has 2 aromatic carbocycles. The molecule has 9 heteroatoms. The lowest BCUT2D eigenvalue weighted by Crippen LogP contribution is -2.51. The molecule has 1 saturated carbocycles. The molecule has 1 atom stereocenters. The molecular weight excluding hydrogens is 530 g/mol. The van der Waals surface area contributed by atoms with Gasteiger partial charge in [0.15, 0.2) is 0 Å². The molecule has 0 aromatic heterocycles. The highest BCUT2D eigenvalue weighted by atomic mass is 35.5. The molecule has 1 heterocycles. The molecule has 3 amide bonds. The summed E-state index contributed by atoms with van der Waals surface area (Å²) in [6, 6.07) is 14.0. The summed E-state index contributed by atoms with van der Waals surface area (Å²) in [7, 11) is 1.70. The molecule has 1 aliphatic heterocycles. The summed E-state index contributed by atoms with van der Waals surface area (Å²) in [5.41, 5.74) is 3.34. The molecule has 0 spiro atoms. The largest absolute Gasteiger partial charge is 0.491 e. The molecule has 216 valence electrons. The van der Waals surface area contributed by atoms with Gasteiger partial charge in [-0.25, -0.2) is 4.79 Å². The topological polar surface area (TPSA) is 90.4 Å². The van der Waals surface area contributed by atoms with Crippen LogP contribution in [0.4, 0.5) is 4.79 Å². The van der Waals surface area contributed by atoms with Gasteiger partial charge in [0.2, 0.25) is 5.91 Å². The predicted molar refractivity (Wildman–Crippen MR) is 154 cm³/mol. The summed E-state index contributed by atoms with van der Waals surface area (Å²) in [6.07, 6.45) is 3.65. The summed E-state index contributed by atoms with van der Waals surface area (Å²) in [4.78, 5) is 41.2. The van der Waals surface area contributed by atoms with Gasteiger partial charge in [-0.2, -0.15) is 0 Å². The molecule has 0 bridgehead atoms. The van der Waals surface area contributed by atoms with E-state index < -0.39 is 5.97 Å². The number of hydrogen-bond donors (Lipinski definition) is 1. The smallest absolute Gasteiger partial charge is 0.326 e. The molecule has 1 saturated heterocycles. The van der Waals surface area contributed by atoms with Crippen LogP contribution in [0.3, 0.4) is 0 Å². The summed E-state index contributed by atoms with van der Waals surface area (Å²) in [5, 5.41) is 10.1. The van der Waals surface area contributed by atoms with E-state index >= 15 is 0 Å². The number of carboxylic acids is 1. The average molecular weight is 570 g/mol. The molecule has 1 aliphatic carbocycles. The van der Waals surface area contributed by atoms with Crippen LogP contribution >= 0.6 is 11.6 Å². The molecule has 2 aromatic rings. The minimum absolute atomic E-state index is 0.156. The van der Waals surface area contributed by atoms with E-state index in [-0.39, 0.29) is 37.0 Å². The minimum atomic E-state index is -0.677. The zero-order chi connectivity index (χ0) is 28.8. The third kappa shape index (κ3) is 7.55. The van der Waals surface area contributed by atoms with Crippen LogP contribution in [0.25, 0.3) is 0 Å². The third-order valence-electron chi connectivity index (χ3n) is 8.31. The number of hydrogen-bond acceptors (Lipinski definition) is 5. The Morgan fingerprint density at radius 3 is 2.48 bits per heavy atom. The van der Waals surface area contributed by atoms with Gasteiger partial charge in [-0.3, -0.25) is 19.4 Å². The fraction of sp³-hybridized carbons (Fsp3) is 0.516. The number of rotatable bonds is 11. The molecule has 2 fully saturated rings. The Labute approximate surface area is 241 Å². The van der Waals surface area contributed by atoms with Crippen LogP contribution in [-0.4, -0.2) is 71.0 Å². The summed E-state index contributed by atoms with van der Waals surface area (Å²) in [5.74, 6) is 0.126. The molecular formula is C31H40ClN3O5. The normalized spacial score (nSPS) is 20.6. The van der Waals surface area contributed by atoms with Gasteiger partial charge in [0, 0.05) is 44.2 Å². The van der Waals surface area contributed by atoms with Crippen molar-refractivity contribution in [2.75, 3.05) is 33.3 Å². The Morgan fingerprint density at radius 2 is 1.82 bits per heavy atom. The van der Waals surface area contributed by atoms with Crippen molar-refractivity contribution in [2.45, 2.75) is 58.5 Å². The Balaban J connectivity index is 1.41. The zero-order valence-corrected chi connectivity index (χ0v) is 24.4. The lowest BCUT2D eigenvalue weighted by molar-refractivity contribution is -0.143. The predicted octanol–water partition coefficient (Wildman–Crippen LogP) is 5.77. The van der Waals surface area contributed by atoms with Crippen LogP contribution in [0.5, 0.6) is 5.75 Å². The maximum Gasteiger partial charge on any atom is 0.326 e. The number of imide groups is 1. The first kappa shape index (κ1) is 29.9. The van der Waals surface area contributed by atoms with Crippen molar-refractivity contribution in [1.82, 2.24) is 14.7 Å². The van der Waals surface area contributed by atoms with E-state index in [0.29, 0.717) is 23.9 Å². The van der Waals surface area contributed by atoms with Gasteiger partial charge in [0.05, 0.1) is 12.5 Å². The lowest BCUT2D eigenvalue weighted by Gasteiger charge is -2.35. The molecule has 2 aliphatic rings. The standard InChI is InChI=1S/C31H40ClN3O5/c1-21-18-24(6-13-28(21)40-17-16-35-29(36)14-15-33(3)31(35)39)20-34(22(2)25-9-11-27(32)12-10-25)19-23-4-7-26(8-5-23)30(37)38/h6,9-13,18,22-23,26H,4-5,7-8,14-17,19-20H2,1-3H3,(H,37,38)/t22-,23?,26?/m0/s1. The molecule has 4 rings (SSSR count). The van der Waals surface area contributed by atoms with Crippen LogP contribution < -0.4 is 4.74 Å². The fourth-order valence-corrected chi connectivity index (χ4v) is 5.84. The number of nitrogens with zero attached hydrogens (tertiary/aromatic N) is 3. The summed E-state index contributed by atoms with van der Waals surface area (Å²) in [6.45, 7) is 6.75. The molecule has 0 radical (unpaired) electrons.